The van der Waals surface area contributed by atoms with E-state index in [0.717, 1.165) is 23.7 Å². The highest BCUT2D eigenvalue weighted by atomic mass is 14.7. The molecule has 0 heterocycles. The first-order valence-electron chi connectivity index (χ1n) is 8.23. The zero-order valence-electron chi connectivity index (χ0n) is 11.7. The SMILES string of the molecule is NC1CC2CCC3CCC(CCC1CC2)[C@@H](N)C3. The lowest BCUT2D eigenvalue weighted by Crippen LogP contribution is -2.41. The summed E-state index contributed by atoms with van der Waals surface area (Å²) in [7, 11) is 0. The van der Waals surface area contributed by atoms with Gasteiger partial charge in [0.1, 0.15) is 0 Å². The Morgan fingerprint density at radius 3 is 1.22 bits per heavy atom. The van der Waals surface area contributed by atoms with E-state index in [4.69, 9.17) is 11.5 Å². The van der Waals surface area contributed by atoms with Crippen molar-refractivity contribution in [2.75, 3.05) is 0 Å². The molecule has 2 nitrogen and oxygen atoms in total. The maximum absolute atomic E-state index is 6.40. The zero-order valence-corrected chi connectivity index (χ0v) is 11.7. The van der Waals surface area contributed by atoms with Crippen molar-refractivity contribution in [3.63, 3.8) is 0 Å². The Bertz CT molecular complexity index is 250. The Hall–Kier alpha value is -0.0800. The molecule has 6 aliphatic carbocycles. The minimum absolute atomic E-state index is 0.484. The van der Waals surface area contributed by atoms with Gasteiger partial charge < -0.3 is 11.5 Å². The van der Waals surface area contributed by atoms with Crippen LogP contribution >= 0.6 is 0 Å². The Kier molecular flexibility index (Phi) is 3.95. The van der Waals surface area contributed by atoms with E-state index >= 15 is 0 Å². The Balaban J connectivity index is 1.70. The van der Waals surface area contributed by atoms with Crippen LogP contribution in [0.25, 0.3) is 0 Å². The average molecular weight is 250 g/mol. The lowest BCUT2D eigenvalue weighted by molar-refractivity contribution is 0.147. The topological polar surface area (TPSA) is 52.0 Å². The van der Waals surface area contributed by atoms with Crippen molar-refractivity contribution >= 4 is 0 Å². The molecule has 4 bridgehead atoms. The molecule has 0 aromatic heterocycles. The average Bonchev–Trinajstić information content (AvgIpc) is 2.34. The lowest BCUT2D eigenvalue weighted by atomic mass is 9.68. The first-order chi connectivity index (χ1) is 8.72. The normalized spacial score (nSPS) is 49.7. The largest absolute Gasteiger partial charge is 0.327 e. The van der Waals surface area contributed by atoms with Gasteiger partial charge >= 0.3 is 0 Å². The molecule has 6 saturated carbocycles. The lowest BCUT2D eigenvalue weighted by Gasteiger charge is -2.40. The van der Waals surface area contributed by atoms with Gasteiger partial charge in [0.2, 0.25) is 0 Å². The quantitative estimate of drug-likeness (QED) is 0.694. The third-order valence-electron chi connectivity index (χ3n) is 6.20. The fourth-order valence-corrected chi connectivity index (χ4v) is 4.86. The van der Waals surface area contributed by atoms with Crippen LogP contribution < -0.4 is 11.5 Å². The van der Waals surface area contributed by atoms with E-state index < -0.39 is 0 Å². The summed E-state index contributed by atoms with van der Waals surface area (Å²) in [4.78, 5) is 0. The van der Waals surface area contributed by atoms with E-state index in [1.54, 1.807) is 0 Å². The van der Waals surface area contributed by atoms with Crippen LogP contribution in [0.3, 0.4) is 0 Å². The zero-order chi connectivity index (χ0) is 12.5. The second-order valence-corrected chi connectivity index (χ2v) is 7.36. The van der Waals surface area contributed by atoms with Crippen LogP contribution in [0.4, 0.5) is 0 Å². The van der Waals surface area contributed by atoms with E-state index in [-0.39, 0.29) is 0 Å². The van der Waals surface area contributed by atoms with E-state index in [1.165, 1.54) is 64.2 Å². The molecule has 4 N–H and O–H groups in total. The van der Waals surface area contributed by atoms with Crippen molar-refractivity contribution in [3.8, 4) is 0 Å². The summed E-state index contributed by atoms with van der Waals surface area (Å²) < 4.78 is 0. The van der Waals surface area contributed by atoms with Crippen molar-refractivity contribution in [2.24, 2.45) is 35.1 Å². The molecule has 6 rings (SSSR count). The molecule has 0 amide bonds. The maximum atomic E-state index is 6.40. The molecular weight excluding hydrogens is 220 g/mol. The number of rotatable bonds is 0. The monoisotopic (exact) mass is 250 g/mol. The molecular formula is C16H30N2. The summed E-state index contributed by atoms with van der Waals surface area (Å²) in [5.74, 6) is 3.44. The van der Waals surface area contributed by atoms with Crippen molar-refractivity contribution in [1.29, 1.82) is 0 Å². The first kappa shape index (κ1) is 12.9. The van der Waals surface area contributed by atoms with Gasteiger partial charge in [0.05, 0.1) is 0 Å². The predicted octanol–water partition coefficient (Wildman–Crippen LogP) is 3.05. The number of hydrogen-bond donors (Lipinski definition) is 2. The molecule has 6 atom stereocenters. The van der Waals surface area contributed by atoms with E-state index in [9.17, 15) is 0 Å². The molecule has 0 radical (unpaired) electrons. The van der Waals surface area contributed by atoms with Crippen LogP contribution in [0.2, 0.25) is 0 Å². The fourth-order valence-electron chi connectivity index (χ4n) is 4.86. The summed E-state index contributed by atoms with van der Waals surface area (Å²) >= 11 is 0. The van der Waals surface area contributed by atoms with Crippen LogP contribution in [-0.4, -0.2) is 12.1 Å². The molecule has 5 unspecified atom stereocenters. The molecule has 0 aromatic carbocycles. The van der Waals surface area contributed by atoms with Crippen LogP contribution in [0, 0.1) is 23.7 Å². The molecule has 104 valence electrons. The van der Waals surface area contributed by atoms with Crippen LogP contribution in [0.5, 0.6) is 0 Å². The van der Waals surface area contributed by atoms with Crippen molar-refractivity contribution in [3.05, 3.63) is 0 Å². The molecule has 2 heteroatoms. The van der Waals surface area contributed by atoms with Gasteiger partial charge in [0.15, 0.2) is 0 Å². The van der Waals surface area contributed by atoms with Crippen molar-refractivity contribution in [1.82, 2.24) is 0 Å². The standard InChI is InChI=1S/C16H30N2/c17-15-9-11-1-2-12-4-6-14(16(18)10-12)8-7-13(15)5-3-11/h11-16H,1-10,17-18H2/t11?,12?,13?,14?,15-,16?/m0/s1. The second-order valence-electron chi connectivity index (χ2n) is 7.36. The summed E-state index contributed by atoms with van der Waals surface area (Å²) in [5.41, 5.74) is 12.8. The van der Waals surface area contributed by atoms with Gasteiger partial charge in [-0.1, -0.05) is 25.7 Å². The molecule has 0 aliphatic heterocycles. The summed E-state index contributed by atoms with van der Waals surface area (Å²) in [6, 6.07) is 0.968. The van der Waals surface area contributed by atoms with E-state index in [0.29, 0.717) is 12.1 Å². The Morgan fingerprint density at radius 2 is 0.833 bits per heavy atom. The third kappa shape index (κ3) is 2.75. The Labute approximate surface area is 112 Å². The summed E-state index contributed by atoms with van der Waals surface area (Å²) in [5, 5.41) is 0. The number of nitrogens with two attached hydrogens (primary N) is 2. The van der Waals surface area contributed by atoms with Gasteiger partial charge in [-0.05, 0) is 62.2 Å². The van der Waals surface area contributed by atoms with Crippen LogP contribution in [0.15, 0.2) is 0 Å². The molecule has 0 aromatic rings. The highest BCUT2D eigenvalue weighted by molar-refractivity contribution is 4.89. The molecule has 18 heavy (non-hydrogen) atoms. The van der Waals surface area contributed by atoms with Gasteiger partial charge in [-0.15, -0.1) is 0 Å². The molecule has 0 spiro atoms. The third-order valence-corrected chi connectivity index (χ3v) is 6.20. The smallest absolute Gasteiger partial charge is 0.00698 e. The number of hydrogen-bond acceptors (Lipinski definition) is 2. The Morgan fingerprint density at radius 1 is 0.500 bits per heavy atom. The predicted molar refractivity (Wildman–Crippen MR) is 76.1 cm³/mol. The van der Waals surface area contributed by atoms with Crippen molar-refractivity contribution in [2.45, 2.75) is 76.3 Å². The van der Waals surface area contributed by atoms with E-state index in [2.05, 4.69) is 0 Å². The molecule has 6 aliphatic rings. The van der Waals surface area contributed by atoms with Gasteiger partial charge in [0, 0.05) is 12.1 Å². The highest BCUT2D eigenvalue weighted by Gasteiger charge is 2.33. The fraction of sp³-hybridized carbons (Fsp3) is 1.00. The summed E-state index contributed by atoms with van der Waals surface area (Å²) in [6.45, 7) is 0. The van der Waals surface area contributed by atoms with Crippen LogP contribution in [0.1, 0.15) is 64.2 Å². The maximum Gasteiger partial charge on any atom is 0.00698 e. The van der Waals surface area contributed by atoms with Crippen LogP contribution in [-0.2, 0) is 0 Å². The van der Waals surface area contributed by atoms with E-state index in [1.807, 2.05) is 0 Å². The van der Waals surface area contributed by atoms with Gasteiger partial charge in [-0.25, -0.2) is 0 Å². The van der Waals surface area contributed by atoms with Gasteiger partial charge in [-0.2, -0.15) is 0 Å². The highest BCUT2D eigenvalue weighted by Crippen LogP contribution is 2.40. The minimum Gasteiger partial charge on any atom is -0.327 e. The second kappa shape index (κ2) is 5.50. The summed E-state index contributed by atoms with van der Waals surface area (Å²) in [6.07, 6.45) is 13.8. The molecule has 6 fully saturated rings. The van der Waals surface area contributed by atoms with Crippen molar-refractivity contribution < 1.29 is 0 Å². The van der Waals surface area contributed by atoms with Gasteiger partial charge in [0.25, 0.3) is 0 Å². The first-order valence-corrected chi connectivity index (χ1v) is 8.23. The molecule has 0 saturated heterocycles. The minimum atomic E-state index is 0.484. The van der Waals surface area contributed by atoms with Gasteiger partial charge in [-0.3, -0.25) is 0 Å².